The first kappa shape index (κ1) is 27.6. The van der Waals surface area contributed by atoms with Crippen LogP contribution in [0.5, 0.6) is 0 Å². The van der Waals surface area contributed by atoms with E-state index in [1.807, 2.05) is 32.0 Å². The minimum absolute atomic E-state index is 0.0463. The maximum atomic E-state index is 13.6. The van der Waals surface area contributed by atoms with E-state index in [9.17, 15) is 19.5 Å². The number of nitrogens with one attached hydrogen (secondary N) is 2. The van der Waals surface area contributed by atoms with Crippen molar-refractivity contribution in [3.8, 4) is 0 Å². The van der Waals surface area contributed by atoms with Gasteiger partial charge in [0.2, 0.25) is 11.8 Å². The number of alkyl carbamates (subject to hydrolysis) is 1. The lowest BCUT2D eigenvalue weighted by Crippen LogP contribution is -2.53. The molecule has 3 amide bonds. The van der Waals surface area contributed by atoms with Crippen molar-refractivity contribution < 1.29 is 24.2 Å². The molecule has 8 nitrogen and oxygen atoms in total. The highest BCUT2D eigenvalue weighted by Gasteiger charge is 2.36. The number of nitrogens with zero attached hydrogens (tertiary/aromatic N) is 1. The Kier molecular flexibility index (Phi) is 9.91. The maximum absolute atomic E-state index is 13.6. The van der Waals surface area contributed by atoms with Gasteiger partial charge in [-0.1, -0.05) is 43.0 Å². The summed E-state index contributed by atoms with van der Waals surface area (Å²) in [5.41, 5.74) is 1.84. The summed E-state index contributed by atoms with van der Waals surface area (Å²) in [5, 5.41) is 15.5. The van der Waals surface area contributed by atoms with Crippen molar-refractivity contribution in [1.29, 1.82) is 0 Å². The summed E-state index contributed by atoms with van der Waals surface area (Å²) in [6.07, 6.45) is 4.40. The molecular formula is C26H41N3O5. The zero-order valence-corrected chi connectivity index (χ0v) is 21.4. The van der Waals surface area contributed by atoms with Crippen LogP contribution in [0.4, 0.5) is 4.79 Å². The summed E-state index contributed by atoms with van der Waals surface area (Å²) in [7, 11) is 0. The average Bonchev–Trinajstić information content (AvgIpc) is 2.74. The van der Waals surface area contributed by atoms with E-state index in [0.717, 1.165) is 43.2 Å². The number of aliphatic hydroxyl groups excluding tert-OH is 1. The van der Waals surface area contributed by atoms with Crippen LogP contribution in [-0.2, 0) is 14.3 Å². The highest BCUT2D eigenvalue weighted by atomic mass is 16.6. The molecule has 2 rings (SSSR count). The SMILES string of the molecule is Cc1ccc(C)c(C(C(=O)NC2CCCCC2)N(CCO)C(=O)C(C)NC(=O)OC(C)(C)C)c1. The van der Waals surface area contributed by atoms with Gasteiger partial charge in [0.25, 0.3) is 0 Å². The van der Waals surface area contributed by atoms with E-state index < -0.39 is 29.7 Å². The van der Waals surface area contributed by atoms with Crippen molar-refractivity contribution in [2.45, 2.75) is 97.4 Å². The fraction of sp³-hybridized carbons (Fsp3) is 0.654. The highest BCUT2D eigenvalue weighted by molar-refractivity contribution is 5.92. The summed E-state index contributed by atoms with van der Waals surface area (Å²) < 4.78 is 5.28. The first-order valence-corrected chi connectivity index (χ1v) is 12.2. The summed E-state index contributed by atoms with van der Waals surface area (Å²) >= 11 is 0. The second-order valence-corrected chi connectivity index (χ2v) is 10.2. The van der Waals surface area contributed by atoms with Gasteiger partial charge in [-0.2, -0.15) is 0 Å². The van der Waals surface area contributed by atoms with E-state index in [2.05, 4.69) is 10.6 Å². The van der Waals surface area contributed by atoms with E-state index in [-0.39, 0.29) is 25.1 Å². The lowest BCUT2D eigenvalue weighted by Gasteiger charge is -2.35. The van der Waals surface area contributed by atoms with Crippen molar-refractivity contribution in [3.63, 3.8) is 0 Å². The standard InChI is InChI=1S/C26H41N3O5/c1-17-12-13-18(2)21(16-17)22(23(31)28-20-10-8-7-9-11-20)29(14-15-30)24(32)19(3)27-25(33)34-26(4,5)6/h12-13,16,19-20,22,30H,7-11,14-15H2,1-6H3,(H,27,33)(H,28,31). The van der Waals surface area contributed by atoms with Crippen LogP contribution in [0.3, 0.4) is 0 Å². The van der Waals surface area contributed by atoms with Gasteiger partial charge in [0.15, 0.2) is 0 Å². The summed E-state index contributed by atoms with van der Waals surface area (Å²) in [5.74, 6) is -0.739. The van der Waals surface area contributed by atoms with Crippen LogP contribution < -0.4 is 10.6 Å². The molecule has 0 bridgehead atoms. The molecule has 2 atom stereocenters. The van der Waals surface area contributed by atoms with Crippen molar-refractivity contribution in [2.24, 2.45) is 0 Å². The lowest BCUT2D eigenvalue weighted by atomic mass is 9.93. The van der Waals surface area contributed by atoms with Crippen LogP contribution in [0.25, 0.3) is 0 Å². The first-order valence-electron chi connectivity index (χ1n) is 12.2. The molecule has 190 valence electrons. The molecule has 1 aromatic carbocycles. The predicted octanol–water partition coefficient (Wildman–Crippen LogP) is 3.53. The number of hydrogen-bond acceptors (Lipinski definition) is 5. The lowest BCUT2D eigenvalue weighted by molar-refractivity contribution is -0.143. The molecule has 1 aliphatic carbocycles. The minimum Gasteiger partial charge on any atom is -0.444 e. The highest BCUT2D eigenvalue weighted by Crippen LogP contribution is 2.28. The molecule has 8 heteroatoms. The molecule has 0 spiro atoms. The quantitative estimate of drug-likeness (QED) is 0.533. The van der Waals surface area contributed by atoms with Gasteiger partial charge in [-0.05, 0) is 65.5 Å². The smallest absolute Gasteiger partial charge is 0.408 e. The molecule has 0 saturated heterocycles. The Morgan fingerprint density at radius 1 is 1.15 bits per heavy atom. The maximum Gasteiger partial charge on any atom is 0.408 e. The topological polar surface area (TPSA) is 108 Å². The molecule has 0 aliphatic heterocycles. The molecule has 1 saturated carbocycles. The Hall–Kier alpha value is -2.61. The van der Waals surface area contributed by atoms with Crippen molar-refractivity contribution in [2.75, 3.05) is 13.2 Å². The molecule has 2 unspecified atom stereocenters. The van der Waals surface area contributed by atoms with Crippen LogP contribution in [0.2, 0.25) is 0 Å². The second-order valence-electron chi connectivity index (χ2n) is 10.2. The van der Waals surface area contributed by atoms with E-state index in [1.165, 1.54) is 4.90 Å². The normalized spacial score (nSPS) is 16.3. The Balaban J connectivity index is 2.36. The van der Waals surface area contributed by atoms with Gasteiger partial charge in [-0.15, -0.1) is 0 Å². The van der Waals surface area contributed by atoms with Crippen LogP contribution in [0.15, 0.2) is 18.2 Å². The van der Waals surface area contributed by atoms with Gasteiger partial charge in [0, 0.05) is 12.6 Å². The average molecular weight is 476 g/mol. The molecule has 1 aliphatic rings. The summed E-state index contributed by atoms with van der Waals surface area (Å²) in [6, 6.07) is 3.98. The molecule has 0 radical (unpaired) electrons. The zero-order valence-electron chi connectivity index (χ0n) is 21.4. The third-order valence-corrected chi connectivity index (χ3v) is 5.97. The second kappa shape index (κ2) is 12.2. The molecular weight excluding hydrogens is 434 g/mol. The Labute approximate surface area is 203 Å². The fourth-order valence-corrected chi connectivity index (χ4v) is 4.30. The molecule has 1 aromatic rings. The molecule has 0 aromatic heterocycles. The van der Waals surface area contributed by atoms with Gasteiger partial charge < -0.3 is 25.4 Å². The fourth-order valence-electron chi connectivity index (χ4n) is 4.30. The van der Waals surface area contributed by atoms with Crippen molar-refractivity contribution >= 4 is 17.9 Å². The van der Waals surface area contributed by atoms with Crippen molar-refractivity contribution in [3.05, 3.63) is 34.9 Å². The van der Waals surface area contributed by atoms with Gasteiger partial charge in [-0.3, -0.25) is 9.59 Å². The molecule has 34 heavy (non-hydrogen) atoms. The van der Waals surface area contributed by atoms with Crippen LogP contribution >= 0.6 is 0 Å². The van der Waals surface area contributed by atoms with Gasteiger partial charge in [0.1, 0.15) is 17.7 Å². The summed E-state index contributed by atoms with van der Waals surface area (Å²) in [6.45, 7) is 10.2. The summed E-state index contributed by atoms with van der Waals surface area (Å²) in [4.78, 5) is 40.8. The minimum atomic E-state index is -0.948. The number of benzene rings is 1. The monoisotopic (exact) mass is 475 g/mol. The zero-order chi connectivity index (χ0) is 25.5. The molecule has 1 fully saturated rings. The number of amides is 3. The van der Waals surface area contributed by atoms with Crippen LogP contribution in [-0.4, -0.2) is 58.8 Å². The number of aliphatic hydroxyl groups is 1. The Morgan fingerprint density at radius 3 is 2.38 bits per heavy atom. The number of aryl methyl sites for hydroxylation is 2. The number of carbonyl (C=O) groups is 3. The van der Waals surface area contributed by atoms with Crippen LogP contribution in [0.1, 0.15) is 82.5 Å². The third kappa shape index (κ3) is 8.01. The van der Waals surface area contributed by atoms with Gasteiger partial charge in [-0.25, -0.2) is 4.79 Å². The largest absolute Gasteiger partial charge is 0.444 e. The van der Waals surface area contributed by atoms with Crippen LogP contribution in [0, 0.1) is 13.8 Å². The number of rotatable bonds is 8. The number of hydrogen-bond donors (Lipinski definition) is 3. The molecule has 3 N–H and O–H groups in total. The van der Waals surface area contributed by atoms with E-state index in [1.54, 1.807) is 27.7 Å². The van der Waals surface area contributed by atoms with Gasteiger partial charge in [0.05, 0.1) is 6.61 Å². The predicted molar refractivity (Wildman–Crippen MR) is 131 cm³/mol. The van der Waals surface area contributed by atoms with E-state index >= 15 is 0 Å². The number of carbonyl (C=O) groups excluding carboxylic acids is 3. The van der Waals surface area contributed by atoms with Gasteiger partial charge >= 0.3 is 6.09 Å². The third-order valence-electron chi connectivity index (χ3n) is 5.97. The molecule has 0 heterocycles. The Bertz CT molecular complexity index is 858. The first-order chi connectivity index (χ1) is 15.9. The van der Waals surface area contributed by atoms with Crippen molar-refractivity contribution in [1.82, 2.24) is 15.5 Å². The number of ether oxygens (including phenoxy) is 1. The van der Waals surface area contributed by atoms with E-state index in [0.29, 0.717) is 5.56 Å². The Morgan fingerprint density at radius 2 is 1.79 bits per heavy atom. The van der Waals surface area contributed by atoms with E-state index in [4.69, 9.17) is 4.74 Å².